The maximum absolute atomic E-state index is 12.2. The highest BCUT2D eigenvalue weighted by Crippen LogP contribution is 2.13. The lowest BCUT2D eigenvalue weighted by atomic mass is 10.1. The van der Waals surface area contributed by atoms with Gasteiger partial charge in [0.15, 0.2) is 6.04 Å². The van der Waals surface area contributed by atoms with Gasteiger partial charge in [-0.05, 0) is 6.42 Å². The molecule has 0 radical (unpaired) electrons. The van der Waals surface area contributed by atoms with Crippen LogP contribution in [0.25, 0.3) is 0 Å². The summed E-state index contributed by atoms with van der Waals surface area (Å²) in [6, 6.07) is -0.568. The van der Waals surface area contributed by atoms with E-state index in [1.807, 2.05) is 0 Å². The smallest absolute Gasteiger partial charge is 0.331 e. The van der Waals surface area contributed by atoms with Gasteiger partial charge in [0, 0.05) is 13.0 Å². The van der Waals surface area contributed by atoms with E-state index in [1.165, 1.54) is 32.8 Å². The largest absolute Gasteiger partial charge is 0.467 e. The third kappa shape index (κ3) is 5.49. The second-order valence-electron chi connectivity index (χ2n) is 5.22. The van der Waals surface area contributed by atoms with Crippen LogP contribution < -0.4 is 0 Å². The number of nitrogens with zero attached hydrogens (tertiary/aromatic N) is 1. The summed E-state index contributed by atoms with van der Waals surface area (Å²) in [7, 11) is 1.34. The molecule has 1 rings (SSSR count). The van der Waals surface area contributed by atoms with Crippen LogP contribution in [-0.2, 0) is 19.1 Å². The second-order valence-corrected chi connectivity index (χ2v) is 5.22. The fraction of sp³-hybridized carbons (Fsp3) is 0.867. The average Bonchev–Trinajstić information content (AvgIpc) is 2.49. The zero-order chi connectivity index (χ0) is 14.8. The lowest BCUT2D eigenvalue weighted by Gasteiger charge is -2.33. The van der Waals surface area contributed by atoms with E-state index >= 15 is 0 Å². The van der Waals surface area contributed by atoms with Crippen LogP contribution in [0, 0.1) is 0 Å². The van der Waals surface area contributed by atoms with Gasteiger partial charge in [0.25, 0.3) is 0 Å². The Hall–Kier alpha value is -1.10. The number of unbranched alkanes of at least 4 members (excludes halogenated alkanes) is 5. The van der Waals surface area contributed by atoms with Crippen LogP contribution in [0.4, 0.5) is 0 Å². The summed E-state index contributed by atoms with van der Waals surface area (Å²) in [5.74, 6) is -0.347. The number of morpholine rings is 1. The van der Waals surface area contributed by atoms with Gasteiger partial charge >= 0.3 is 5.97 Å². The second kappa shape index (κ2) is 9.75. The fourth-order valence-corrected chi connectivity index (χ4v) is 2.43. The van der Waals surface area contributed by atoms with Gasteiger partial charge in [-0.1, -0.05) is 39.0 Å². The zero-order valence-corrected chi connectivity index (χ0v) is 12.7. The number of ether oxygens (including phenoxy) is 2. The summed E-state index contributed by atoms with van der Waals surface area (Å²) >= 11 is 0. The Morgan fingerprint density at radius 1 is 1.20 bits per heavy atom. The number of carbonyl (C=O) groups is 2. The van der Waals surface area contributed by atoms with Gasteiger partial charge < -0.3 is 14.4 Å². The van der Waals surface area contributed by atoms with Crippen LogP contribution >= 0.6 is 0 Å². The Morgan fingerprint density at radius 2 is 1.90 bits per heavy atom. The highest BCUT2D eigenvalue weighted by Gasteiger charge is 2.33. The van der Waals surface area contributed by atoms with Crippen molar-refractivity contribution in [3.05, 3.63) is 0 Å². The number of rotatable bonds is 8. The van der Waals surface area contributed by atoms with Crippen molar-refractivity contribution in [1.29, 1.82) is 0 Å². The monoisotopic (exact) mass is 285 g/mol. The molecule has 1 amide bonds. The van der Waals surface area contributed by atoms with Gasteiger partial charge in [-0.15, -0.1) is 0 Å². The van der Waals surface area contributed by atoms with Crippen molar-refractivity contribution >= 4 is 11.9 Å². The molecule has 0 saturated carbocycles. The summed E-state index contributed by atoms with van der Waals surface area (Å²) in [5.41, 5.74) is 0. The zero-order valence-electron chi connectivity index (χ0n) is 12.7. The molecule has 116 valence electrons. The summed E-state index contributed by atoms with van der Waals surface area (Å²) in [5, 5.41) is 0. The van der Waals surface area contributed by atoms with Crippen LogP contribution in [0.3, 0.4) is 0 Å². The number of amides is 1. The minimum atomic E-state index is -0.568. The molecule has 0 aromatic heterocycles. The lowest BCUT2D eigenvalue weighted by molar-refractivity contribution is -0.160. The molecular formula is C15H27NO4. The molecule has 1 unspecified atom stereocenters. The third-order valence-electron chi connectivity index (χ3n) is 3.67. The van der Waals surface area contributed by atoms with Crippen molar-refractivity contribution in [2.24, 2.45) is 0 Å². The van der Waals surface area contributed by atoms with E-state index in [-0.39, 0.29) is 18.5 Å². The van der Waals surface area contributed by atoms with Gasteiger partial charge in [-0.3, -0.25) is 4.79 Å². The molecule has 0 spiro atoms. The first-order valence-electron chi connectivity index (χ1n) is 7.65. The normalized spacial score (nSPS) is 18.9. The van der Waals surface area contributed by atoms with Crippen molar-refractivity contribution in [1.82, 2.24) is 4.90 Å². The molecule has 5 nitrogen and oxygen atoms in total. The van der Waals surface area contributed by atoms with Crippen LogP contribution in [0.5, 0.6) is 0 Å². The van der Waals surface area contributed by atoms with E-state index in [0.717, 1.165) is 12.8 Å². The topological polar surface area (TPSA) is 55.8 Å². The Labute approximate surface area is 121 Å². The molecule has 0 aliphatic carbocycles. The van der Waals surface area contributed by atoms with Crippen molar-refractivity contribution in [2.75, 3.05) is 26.9 Å². The van der Waals surface area contributed by atoms with Crippen LogP contribution in [0.2, 0.25) is 0 Å². The van der Waals surface area contributed by atoms with Crippen molar-refractivity contribution in [3.8, 4) is 0 Å². The first-order chi connectivity index (χ1) is 9.70. The highest BCUT2D eigenvalue weighted by atomic mass is 16.5. The molecule has 1 heterocycles. The lowest BCUT2D eigenvalue weighted by Crippen LogP contribution is -2.52. The molecule has 0 bridgehead atoms. The van der Waals surface area contributed by atoms with Crippen LogP contribution in [0.1, 0.15) is 51.9 Å². The van der Waals surface area contributed by atoms with Crippen molar-refractivity contribution in [3.63, 3.8) is 0 Å². The number of esters is 1. The first kappa shape index (κ1) is 17.0. The number of carbonyl (C=O) groups excluding carboxylic acids is 2. The summed E-state index contributed by atoms with van der Waals surface area (Å²) in [6.07, 6.45) is 7.42. The number of hydrogen-bond acceptors (Lipinski definition) is 4. The standard InChI is InChI=1S/C15H27NO4/c1-3-4-5-6-7-8-9-14(17)16-10-11-20-12-13(16)15(18)19-2/h13H,3-12H2,1-2H3. The predicted molar refractivity (Wildman–Crippen MR) is 76.3 cm³/mol. The maximum atomic E-state index is 12.2. The van der Waals surface area contributed by atoms with Gasteiger partial charge in [0.1, 0.15) is 0 Å². The van der Waals surface area contributed by atoms with Gasteiger partial charge in [-0.2, -0.15) is 0 Å². The molecule has 20 heavy (non-hydrogen) atoms. The third-order valence-corrected chi connectivity index (χ3v) is 3.67. The van der Waals surface area contributed by atoms with E-state index in [1.54, 1.807) is 4.90 Å². The Kier molecular flexibility index (Phi) is 8.26. The van der Waals surface area contributed by atoms with Crippen LogP contribution in [-0.4, -0.2) is 49.7 Å². The highest BCUT2D eigenvalue weighted by molar-refractivity contribution is 5.84. The Morgan fingerprint density at radius 3 is 2.60 bits per heavy atom. The molecule has 5 heteroatoms. The molecule has 1 atom stereocenters. The molecule has 1 aliphatic rings. The summed E-state index contributed by atoms with van der Waals surface area (Å²) < 4.78 is 9.99. The molecule has 0 aromatic rings. The predicted octanol–water partition coefficient (Wildman–Crippen LogP) is 2.14. The van der Waals surface area contributed by atoms with E-state index in [9.17, 15) is 9.59 Å². The fourth-order valence-electron chi connectivity index (χ4n) is 2.43. The van der Waals surface area contributed by atoms with E-state index in [2.05, 4.69) is 6.92 Å². The van der Waals surface area contributed by atoms with Crippen molar-refractivity contribution < 1.29 is 19.1 Å². The number of hydrogen-bond donors (Lipinski definition) is 0. The summed E-state index contributed by atoms with van der Waals surface area (Å²) in [6.45, 7) is 3.41. The minimum Gasteiger partial charge on any atom is -0.467 e. The van der Waals surface area contributed by atoms with E-state index in [0.29, 0.717) is 19.6 Å². The summed E-state index contributed by atoms with van der Waals surface area (Å²) in [4.78, 5) is 25.4. The average molecular weight is 285 g/mol. The molecule has 0 aromatic carbocycles. The van der Waals surface area contributed by atoms with Gasteiger partial charge in [-0.25, -0.2) is 4.79 Å². The molecule has 1 aliphatic heterocycles. The van der Waals surface area contributed by atoms with Crippen molar-refractivity contribution in [2.45, 2.75) is 57.9 Å². The van der Waals surface area contributed by atoms with Gasteiger partial charge in [0.05, 0.1) is 20.3 Å². The van der Waals surface area contributed by atoms with E-state index < -0.39 is 6.04 Å². The molecular weight excluding hydrogens is 258 g/mol. The van der Waals surface area contributed by atoms with E-state index in [4.69, 9.17) is 9.47 Å². The van der Waals surface area contributed by atoms with Crippen LogP contribution in [0.15, 0.2) is 0 Å². The Bertz CT molecular complexity index is 306. The maximum Gasteiger partial charge on any atom is 0.331 e. The van der Waals surface area contributed by atoms with Gasteiger partial charge in [0.2, 0.25) is 5.91 Å². The minimum absolute atomic E-state index is 0.0409. The molecule has 1 fully saturated rings. The molecule has 1 saturated heterocycles. The number of methoxy groups -OCH3 is 1. The quantitative estimate of drug-likeness (QED) is 0.506. The first-order valence-corrected chi connectivity index (χ1v) is 7.65. The SMILES string of the molecule is CCCCCCCCC(=O)N1CCOCC1C(=O)OC. The Balaban J connectivity index is 2.30. The molecule has 0 N–H and O–H groups in total.